The second-order valence-electron chi connectivity index (χ2n) is 2.03. The molecule has 0 spiro atoms. The van der Waals surface area contributed by atoms with E-state index >= 15 is 0 Å². The smallest absolute Gasteiger partial charge is 0.416 e. The number of carbonyl (C=O) groups excluding carboxylic acids is 1. The Morgan fingerprint density at radius 1 is 1.33 bits per heavy atom. The van der Waals surface area contributed by atoms with Gasteiger partial charge >= 0.3 is 6.09 Å². The van der Waals surface area contributed by atoms with Crippen molar-refractivity contribution >= 4 is 12.1 Å². The quantitative estimate of drug-likeness (QED) is 0.349. The van der Waals surface area contributed by atoms with E-state index in [9.17, 15) is 4.79 Å². The minimum atomic E-state index is -0.607. The van der Waals surface area contributed by atoms with E-state index in [1.54, 1.807) is 0 Å². The minimum Gasteiger partial charge on any atom is -0.452 e. The number of amides is 1. The molecule has 0 aliphatic rings. The zero-order valence-electron chi connectivity index (χ0n) is 7.62. The van der Waals surface area contributed by atoms with Crippen molar-refractivity contribution in [3.63, 3.8) is 0 Å². The van der Waals surface area contributed by atoms with Crippen LogP contribution in [0.4, 0.5) is 4.79 Å². The van der Waals surface area contributed by atoms with E-state index in [4.69, 9.17) is 5.41 Å². The molecule has 70 valence electrons. The van der Waals surface area contributed by atoms with Gasteiger partial charge in [0, 0.05) is 14.1 Å². The highest BCUT2D eigenvalue weighted by Crippen LogP contribution is 1.94. The Kier molecular flexibility index (Phi) is 4.06. The van der Waals surface area contributed by atoms with Crippen LogP contribution >= 0.6 is 0 Å². The maximum atomic E-state index is 10.9. The van der Waals surface area contributed by atoms with E-state index in [-0.39, 0.29) is 5.96 Å². The Hall–Kier alpha value is -1.30. The molecule has 0 aromatic carbocycles. The lowest BCUT2D eigenvalue weighted by Gasteiger charge is -2.22. The number of nitrogens with zero attached hydrogens (tertiary/aromatic N) is 2. The zero-order valence-corrected chi connectivity index (χ0v) is 7.62. The third kappa shape index (κ3) is 2.39. The average molecular weight is 175 g/mol. The van der Waals surface area contributed by atoms with E-state index in [0.717, 1.165) is 9.96 Å². The van der Waals surface area contributed by atoms with Crippen molar-refractivity contribution in [3.8, 4) is 0 Å². The highest BCUT2D eigenvalue weighted by molar-refractivity contribution is 5.91. The van der Waals surface area contributed by atoms with E-state index in [1.807, 2.05) is 0 Å². The minimum absolute atomic E-state index is 0.0932. The van der Waals surface area contributed by atoms with Gasteiger partial charge in [0.25, 0.3) is 0 Å². The summed E-state index contributed by atoms with van der Waals surface area (Å²) in [7, 11) is 5.59. The van der Waals surface area contributed by atoms with Crippen LogP contribution in [0.15, 0.2) is 0 Å². The Balaban J connectivity index is 4.19. The van der Waals surface area contributed by atoms with Crippen LogP contribution in [0.1, 0.15) is 0 Å². The molecule has 0 rings (SSSR count). The molecule has 0 bridgehead atoms. The molecule has 1 N–H and O–H groups in total. The average Bonchev–Trinajstić information content (AvgIpc) is 2.12. The van der Waals surface area contributed by atoms with Crippen molar-refractivity contribution in [2.75, 3.05) is 28.3 Å². The van der Waals surface area contributed by atoms with Gasteiger partial charge in [0.2, 0.25) is 5.96 Å². The third-order valence-electron chi connectivity index (χ3n) is 1.34. The molecule has 0 heterocycles. The van der Waals surface area contributed by atoms with Crippen molar-refractivity contribution in [3.05, 3.63) is 0 Å². The molecule has 0 aliphatic carbocycles. The Bertz CT molecular complexity index is 183. The van der Waals surface area contributed by atoms with Gasteiger partial charge in [-0.05, 0) is 0 Å². The number of hydrogen-bond donors (Lipinski definition) is 1. The summed E-state index contributed by atoms with van der Waals surface area (Å²) >= 11 is 0. The second-order valence-corrected chi connectivity index (χ2v) is 2.03. The van der Waals surface area contributed by atoms with Crippen molar-refractivity contribution < 1.29 is 14.4 Å². The van der Waals surface area contributed by atoms with Crippen LogP contribution in [0.5, 0.6) is 0 Å². The highest BCUT2D eigenvalue weighted by atomic mass is 16.7. The molecule has 0 atom stereocenters. The molecular weight excluding hydrogens is 162 g/mol. The second kappa shape index (κ2) is 4.55. The van der Waals surface area contributed by atoms with E-state index in [2.05, 4.69) is 9.57 Å². The molecule has 0 fully saturated rings. The number of hydrogen-bond acceptors (Lipinski definition) is 4. The zero-order chi connectivity index (χ0) is 9.72. The largest absolute Gasteiger partial charge is 0.452 e. The van der Waals surface area contributed by atoms with Crippen molar-refractivity contribution in [2.24, 2.45) is 0 Å². The van der Waals surface area contributed by atoms with Crippen molar-refractivity contribution in [2.45, 2.75) is 0 Å². The maximum absolute atomic E-state index is 10.9. The fourth-order valence-corrected chi connectivity index (χ4v) is 0.521. The number of nitrogens with one attached hydrogen (secondary N) is 1. The molecule has 0 saturated carbocycles. The molecule has 6 nitrogen and oxygen atoms in total. The molecule has 0 aromatic rings. The van der Waals surface area contributed by atoms with Crippen LogP contribution in [-0.4, -0.2) is 50.3 Å². The lowest BCUT2D eigenvalue weighted by molar-refractivity contribution is -0.0520. The standard InChI is InChI=1S/C6H13N3O3/c1-8(6(10)11-3)5(7)9(2)12-4/h7H,1-4H3. The van der Waals surface area contributed by atoms with Gasteiger partial charge in [-0.25, -0.2) is 14.8 Å². The number of carbonyl (C=O) groups is 1. The fraction of sp³-hybridized carbons (Fsp3) is 0.667. The van der Waals surface area contributed by atoms with Gasteiger partial charge in [-0.2, -0.15) is 0 Å². The maximum Gasteiger partial charge on any atom is 0.416 e. The number of rotatable bonds is 1. The molecule has 6 heteroatoms. The number of ether oxygens (including phenoxy) is 1. The van der Waals surface area contributed by atoms with E-state index in [1.165, 1.54) is 28.3 Å². The van der Waals surface area contributed by atoms with E-state index in [0.29, 0.717) is 0 Å². The molecule has 0 unspecified atom stereocenters. The van der Waals surface area contributed by atoms with Crippen molar-refractivity contribution in [1.29, 1.82) is 5.41 Å². The first-order valence-electron chi connectivity index (χ1n) is 3.22. The topological polar surface area (TPSA) is 65.9 Å². The van der Waals surface area contributed by atoms with Crippen LogP contribution in [0, 0.1) is 5.41 Å². The molecule has 0 aliphatic heterocycles. The monoisotopic (exact) mass is 175 g/mol. The summed E-state index contributed by atoms with van der Waals surface area (Å²) in [5, 5.41) is 8.50. The highest BCUT2D eigenvalue weighted by Gasteiger charge is 2.16. The van der Waals surface area contributed by atoms with Crippen molar-refractivity contribution in [1.82, 2.24) is 9.96 Å². The summed E-state index contributed by atoms with van der Waals surface area (Å²) in [6.07, 6.45) is -0.607. The molecule has 0 aromatic heterocycles. The van der Waals surface area contributed by atoms with Gasteiger partial charge in [-0.1, -0.05) is 0 Å². The predicted molar refractivity (Wildman–Crippen MR) is 42.7 cm³/mol. The SMILES string of the molecule is COC(=O)N(C)C(=N)N(C)OC. The van der Waals surface area contributed by atoms with Gasteiger partial charge in [-0.3, -0.25) is 10.2 Å². The van der Waals surface area contributed by atoms with Gasteiger partial charge in [-0.15, -0.1) is 0 Å². The number of guanidine groups is 1. The molecule has 1 amide bonds. The van der Waals surface area contributed by atoms with Crippen LogP contribution < -0.4 is 0 Å². The van der Waals surface area contributed by atoms with Gasteiger partial charge < -0.3 is 4.74 Å². The van der Waals surface area contributed by atoms with Crippen LogP contribution in [0.3, 0.4) is 0 Å². The first-order valence-corrected chi connectivity index (χ1v) is 3.22. The third-order valence-corrected chi connectivity index (χ3v) is 1.34. The lowest BCUT2D eigenvalue weighted by atomic mass is 10.7. The molecule has 0 radical (unpaired) electrons. The lowest BCUT2D eigenvalue weighted by Crippen LogP contribution is -2.42. The summed E-state index contributed by atoms with van der Waals surface area (Å²) < 4.78 is 4.39. The number of methoxy groups -OCH3 is 1. The molecular formula is C6H13N3O3. The Morgan fingerprint density at radius 3 is 2.17 bits per heavy atom. The van der Waals surface area contributed by atoms with Crippen LogP contribution in [0.25, 0.3) is 0 Å². The first kappa shape index (κ1) is 10.7. The van der Waals surface area contributed by atoms with Crippen LogP contribution in [-0.2, 0) is 9.57 Å². The van der Waals surface area contributed by atoms with Crippen LogP contribution in [0.2, 0.25) is 0 Å². The van der Waals surface area contributed by atoms with E-state index < -0.39 is 6.09 Å². The summed E-state index contributed by atoms with van der Waals surface area (Å²) in [5.41, 5.74) is 0. The molecule has 0 saturated heterocycles. The summed E-state index contributed by atoms with van der Waals surface area (Å²) in [4.78, 5) is 16.6. The summed E-state index contributed by atoms with van der Waals surface area (Å²) in [5.74, 6) is -0.0932. The predicted octanol–water partition coefficient (Wildman–Crippen LogP) is 0.113. The normalized spacial score (nSPS) is 9.00. The first-order chi connectivity index (χ1) is 5.54. The number of hydroxylamine groups is 2. The van der Waals surface area contributed by atoms with Gasteiger partial charge in [0.15, 0.2) is 0 Å². The molecule has 12 heavy (non-hydrogen) atoms. The summed E-state index contributed by atoms with van der Waals surface area (Å²) in [6, 6.07) is 0. The van der Waals surface area contributed by atoms with Gasteiger partial charge in [0.05, 0.1) is 14.2 Å². The Morgan fingerprint density at radius 2 is 1.83 bits per heavy atom. The van der Waals surface area contributed by atoms with Gasteiger partial charge in [0.1, 0.15) is 0 Å². The fourth-order valence-electron chi connectivity index (χ4n) is 0.521. The Labute approximate surface area is 71.1 Å². The summed E-state index contributed by atoms with van der Waals surface area (Å²) in [6.45, 7) is 0.